The maximum atomic E-state index is 6.08. The van der Waals surface area contributed by atoms with E-state index in [1.807, 2.05) is 12.1 Å². The molecule has 0 N–H and O–H groups in total. The van der Waals surface area contributed by atoms with Crippen LogP contribution in [0.3, 0.4) is 0 Å². The van der Waals surface area contributed by atoms with Gasteiger partial charge in [-0.3, -0.25) is 0 Å². The van der Waals surface area contributed by atoms with Crippen LogP contribution in [0.15, 0.2) is 54.6 Å². The molecular formula is C15H16ClS+. The number of benzene rings is 2. The highest BCUT2D eigenvalue weighted by atomic mass is 35.5. The normalized spacial score (nSPS) is 12.7. The first-order valence-corrected chi connectivity index (χ1v) is 8.03. The molecule has 0 spiro atoms. The highest BCUT2D eigenvalue weighted by Crippen LogP contribution is 2.31. The van der Waals surface area contributed by atoms with E-state index in [-0.39, 0.29) is 10.9 Å². The fourth-order valence-corrected chi connectivity index (χ4v) is 3.63. The first kappa shape index (κ1) is 12.5. The second-order valence-electron chi connectivity index (χ2n) is 4.23. The van der Waals surface area contributed by atoms with Gasteiger partial charge >= 0.3 is 0 Å². The summed E-state index contributed by atoms with van der Waals surface area (Å²) in [6.45, 7) is 0. The van der Waals surface area contributed by atoms with E-state index in [1.54, 1.807) is 0 Å². The van der Waals surface area contributed by atoms with E-state index in [2.05, 4.69) is 55.0 Å². The average Bonchev–Trinajstić information content (AvgIpc) is 2.30. The third-order valence-electron chi connectivity index (χ3n) is 2.73. The molecule has 0 saturated carbocycles. The summed E-state index contributed by atoms with van der Waals surface area (Å²) in [5.74, 6) is 0. The van der Waals surface area contributed by atoms with Gasteiger partial charge in [0.2, 0.25) is 0 Å². The number of hydrogen-bond donors (Lipinski definition) is 0. The Balaban J connectivity index is 2.43. The van der Waals surface area contributed by atoms with Gasteiger partial charge in [0.15, 0.2) is 5.25 Å². The summed E-state index contributed by atoms with van der Waals surface area (Å²) in [6.07, 6.45) is 4.55. The summed E-state index contributed by atoms with van der Waals surface area (Å²) >= 11 is 6.08. The fourth-order valence-electron chi connectivity index (χ4n) is 2.03. The molecule has 2 rings (SSSR count). The predicted octanol–water partition coefficient (Wildman–Crippen LogP) is 4.31. The van der Waals surface area contributed by atoms with Crippen LogP contribution in [0.5, 0.6) is 0 Å². The largest absolute Gasteiger partial charge is 0.167 e. The molecule has 1 atom stereocenters. The van der Waals surface area contributed by atoms with E-state index < -0.39 is 0 Å². The smallest absolute Gasteiger partial charge is 0.0843 e. The van der Waals surface area contributed by atoms with Crippen LogP contribution in [0.25, 0.3) is 0 Å². The van der Waals surface area contributed by atoms with Crippen molar-refractivity contribution >= 4 is 22.5 Å². The van der Waals surface area contributed by atoms with Crippen molar-refractivity contribution < 1.29 is 0 Å². The summed E-state index contributed by atoms with van der Waals surface area (Å²) in [5.41, 5.74) is 2.67. The topological polar surface area (TPSA) is 0 Å². The molecule has 0 aliphatic heterocycles. The zero-order chi connectivity index (χ0) is 12.3. The number of halogens is 1. The van der Waals surface area contributed by atoms with Gasteiger partial charge in [-0.2, -0.15) is 0 Å². The molecule has 0 heterocycles. The second kappa shape index (κ2) is 5.61. The summed E-state index contributed by atoms with van der Waals surface area (Å²) in [6, 6.07) is 18.8. The van der Waals surface area contributed by atoms with E-state index in [4.69, 9.17) is 11.6 Å². The van der Waals surface area contributed by atoms with Crippen molar-refractivity contribution in [3.05, 3.63) is 70.7 Å². The molecule has 0 aromatic heterocycles. The molecule has 0 fully saturated rings. The molecule has 0 saturated heterocycles. The van der Waals surface area contributed by atoms with E-state index in [0.717, 1.165) is 5.02 Å². The fraction of sp³-hybridized carbons (Fsp3) is 0.200. The maximum absolute atomic E-state index is 6.08. The van der Waals surface area contributed by atoms with E-state index in [9.17, 15) is 0 Å². The van der Waals surface area contributed by atoms with Crippen molar-refractivity contribution in [2.45, 2.75) is 5.25 Å². The van der Waals surface area contributed by atoms with Gasteiger partial charge in [0.05, 0.1) is 12.5 Å². The van der Waals surface area contributed by atoms with Gasteiger partial charge in [0, 0.05) is 16.1 Å². The third kappa shape index (κ3) is 3.05. The number of rotatable bonds is 3. The Kier molecular flexibility index (Phi) is 4.14. The van der Waals surface area contributed by atoms with Crippen LogP contribution < -0.4 is 0 Å². The Hall–Kier alpha value is -0.920. The Morgan fingerprint density at radius 1 is 0.882 bits per heavy atom. The molecule has 88 valence electrons. The molecule has 2 heteroatoms. The minimum absolute atomic E-state index is 0.278. The SMILES string of the molecule is C[S+](C)C(c1ccccc1)c1cccc(Cl)c1. The third-order valence-corrected chi connectivity index (χ3v) is 4.45. The average molecular weight is 264 g/mol. The van der Waals surface area contributed by atoms with Gasteiger partial charge in [0.1, 0.15) is 0 Å². The van der Waals surface area contributed by atoms with Crippen LogP contribution in [0, 0.1) is 0 Å². The van der Waals surface area contributed by atoms with Gasteiger partial charge in [0.25, 0.3) is 0 Å². The van der Waals surface area contributed by atoms with Crippen molar-refractivity contribution in [2.75, 3.05) is 12.5 Å². The van der Waals surface area contributed by atoms with Crippen LogP contribution in [0.4, 0.5) is 0 Å². The minimum atomic E-state index is 0.278. The van der Waals surface area contributed by atoms with E-state index >= 15 is 0 Å². The highest BCUT2D eigenvalue weighted by Gasteiger charge is 2.25. The van der Waals surface area contributed by atoms with Gasteiger partial charge in [-0.25, -0.2) is 0 Å². The van der Waals surface area contributed by atoms with Crippen molar-refractivity contribution in [1.82, 2.24) is 0 Å². The zero-order valence-corrected chi connectivity index (χ0v) is 11.6. The summed E-state index contributed by atoms with van der Waals surface area (Å²) in [5, 5.41) is 1.25. The Labute approximate surface area is 111 Å². The minimum Gasteiger partial charge on any atom is -0.0843 e. The first-order chi connectivity index (χ1) is 8.18. The lowest BCUT2D eigenvalue weighted by molar-refractivity contribution is 1.15. The molecule has 0 nitrogen and oxygen atoms in total. The summed E-state index contributed by atoms with van der Waals surface area (Å²) < 4.78 is 0. The zero-order valence-electron chi connectivity index (χ0n) is 10.1. The molecule has 0 aliphatic rings. The van der Waals surface area contributed by atoms with Gasteiger partial charge in [-0.1, -0.05) is 54.1 Å². The molecule has 0 amide bonds. The Bertz CT molecular complexity index is 479. The lowest BCUT2D eigenvalue weighted by Gasteiger charge is -2.15. The number of hydrogen-bond acceptors (Lipinski definition) is 0. The second-order valence-corrected chi connectivity index (χ2v) is 6.89. The predicted molar refractivity (Wildman–Crippen MR) is 79.0 cm³/mol. The molecule has 1 unspecified atom stereocenters. The lowest BCUT2D eigenvalue weighted by Crippen LogP contribution is -2.12. The first-order valence-electron chi connectivity index (χ1n) is 5.55. The molecule has 17 heavy (non-hydrogen) atoms. The van der Waals surface area contributed by atoms with Gasteiger partial charge < -0.3 is 0 Å². The van der Waals surface area contributed by atoms with Gasteiger partial charge in [-0.15, -0.1) is 0 Å². The Morgan fingerprint density at radius 2 is 1.53 bits per heavy atom. The van der Waals surface area contributed by atoms with Crippen LogP contribution in [-0.2, 0) is 10.9 Å². The molecular weight excluding hydrogens is 248 g/mol. The molecule has 0 radical (unpaired) electrons. The van der Waals surface area contributed by atoms with E-state index in [1.165, 1.54) is 11.1 Å². The highest BCUT2D eigenvalue weighted by molar-refractivity contribution is 7.95. The summed E-state index contributed by atoms with van der Waals surface area (Å²) in [7, 11) is 0.278. The molecule has 2 aromatic carbocycles. The van der Waals surface area contributed by atoms with Crippen molar-refractivity contribution in [2.24, 2.45) is 0 Å². The van der Waals surface area contributed by atoms with Crippen LogP contribution >= 0.6 is 11.6 Å². The van der Waals surface area contributed by atoms with Gasteiger partial charge in [-0.05, 0) is 23.0 Å². The quantitative estimate of drug-likeness (QED) is 0.724. The van der Waals surface area contributed by atoms with Crippen molar-refractivity contribution in [3.63, 3.8) is 0 Å². The van der Waals surface area contributed by atoms with Crippen molar-refractivity contribution in [1.29, 1.82) is 0 Å². The van der Waals surface area contributed by atoms with Crippen LogP contribution in [-0.4, -0.2) is 12.5 Å². The van der Waals surface area contributed by atoms with E-state index in [0.29, 0.717) is 5.25 Å². The standard InChI is InChI=1S/C15H16ClS/c1-17(2)15(12-7-4-3-5-8-12)13-9-6-10-14(16)11-13/h3-11,15H,1-2H3/q+1. The monoisotopic (exact) mass is 263 g/mol. The van der Waals surface area contributed by atoms with Crippen LogP contribution in [0.2, 0.25) is 5.02 Å². The molecule has 0 aliphatic carbocycles. The van der Waals surface area contributed by atoms with Crippen molar-refractivity contribution in [3.8, 4) is 0 Å². The molecule has 0 bridgehead atoms. The molecule has 2 aromatic rings. The Morgan fingerprint density at radius 3 is 2.12 bits per heavy atom. The van der Waals surface area contributed by atoms with Crippen LogP contribution in [0.1, 0.15) is 16.4 Å². The summed E-state index contributed by atoms with van der Waals surface area (Å²) in [4.78, 5) is 0. The lowest BCUT2D eigenvalue weighted by atomic mass is 10.0. The maximum Gasteiger partial charge on any atom is 0.167 e.